The lowest BCUT2D eigenvalue weighted by atomic mass is 10.1. The van der Waals surface area contributed by atoms with E-state index >= 15 is 0 Å². The topological polar surface area (TPSA) is 125 Å². The number of nitrogens with two attached hydrogens (primary N) is 1. The quantitative estimate of drug-likeness (QED) is 0.614. The third kappa shape index (κ3) is 2.92. The highest BCUT2D eigenvalue weighted by atomic mass is 79.9. The zero-order valence-electron chi connectivity index (χ0n) is 13.4. The summed E-state index contributed by atoms with van der Waals surface area (Å²) >= 11 is 3.09. The van der Waals surface area contributed by atoms with E-state index in [0.29, 0.717) is 24.6 Å². The summed E-state index contributed by atoms with van der Waals surface area (Å²) in [6.45, 7) is 1.17. The molecule has 4 rings (SSSR count). The van der Waals surface area contributed by atoms with Crippen molar-refractivity contribution >= 4 is 21.7 Å². The summed E-state index contributed by atoms with van der Waals surface area (Å²) in [6, 6.07) is 4.09. The van der Waals surface area contributed by atoms with Crippen molar-refractivity contribution in [3.05, 3.63) is 39.0 Å². The van der Waals surface area contributed by atoms with Gasteiger partial charge in [-0.3, -0.25) is 4.52 Å². The smallest absolute Gasteiger partial charge is 0.365 e. The molecule has 0 atom stereocenters. The molecule has 0 unspecified atom stereocenters. The van der Waals surface area contributed by atoms with Crippen LogP contribution in [0.25, 0.3) is 17.2 Å². The molecule has 26 heavy (non-hydrogen) atoms. The van der Waals surface area contributed by atoms with Crippen LogP contribution in [0.5, 0.6) is 0 Å². The first-order valence-corrected chi connectivity index (χ1v) is 8.63. The lowest BCUT2D eigenvalue weighted by Gasteiger charge is -2.12. The molecule has 1 aliphatic carbocycles. The van der Waals surface area contributed by atoms with Crippen molar-refractivity contribution < 1.29 is 13.5 Å². The first-order valence-electron chi connectivity index (χ1n) is 7.84. The summed E-state index contributed by atoms with van der Waals surface area (Å²) in [5.74, 6) is -0.780. The van der Waals surface area contributed by atoms with Crippen LogP contribution in [0.4, 0.5) is 10.2 Å². The number of aromatic nitrogens is 4. The minimum Gasteiger partial charge on any atom is -0.365 e. The first-order chi connectivity index (χ1) is 12.5. The van der Waals surface area contributed by atoms with Crippen LogP contribution in [0.1, 0.15) is 12.8 Å². The molecular formula is C15H14BrFN6O3. The van der Waals surface area contributed by atoms with Crippen LogP contribution in [-0.4, -0.2) is 33.1 Å². The monoisotopic (exact) mass is 424 g/mol. The van der Waals surface area contributed by atoms with Crippen LogP contribution >= 0.6 is 15.9 Å². The lowest BCUT2D eigenvalue weighted by molar-refractivity contribution is 0.309. The summed E-state index contributed by atoms with van der Waals surface area (Å²) in [7, 11) is 0. The van der Waals surface area contributed by atoms with E-state index in [2.05, 4.69) is 36.7 Å². The molecule has 1 saturated carbocycles. The predicted octanol–water partition coefficient (Wildman–Crippen LogP) is 1.93. The fraction of sp³-hybridized carbons (Fsp3) is 0.333. The van der Waals surface area contributed by atoms with Gasteiger partial charge in [0.2, 0.25) is 11.6 Å². The normalized spacial score (nSPS) is 15.2. The van der Waals surface area contributed by atoms with Gasteiger partial charge in [-0.05, 0) is 69.2 Å². The number of rotatable bonds is 6. The Morgan fingerprint density at radius 1 is 1.35 bits per heavy atom. The number of anilines is 1. The van der Waals surface area contributed by atoms with E-state index in [0.717, 1.165) is 17.4 Å². The molecule has 136 valence electrons. The maximum absolute atomic E-state index is 13.5. The summed E-state index contributed by atoms with van der Waals surface area (Å²) in [6.07, 6.45) is 2.07. The summed E-state index contributed by atoms with van der Waals surface area (Å²) in [4.78, 5) is 12.1. The Balaban J connectivity index is 1.71. The van der Waals surface area contributed by atoms with E-state index in [9.17, 15) is 9.18 Å². The molecule has 0 bridgehead atoms. The van der Waals surface area contributed by atoms with Gasteiger partial charge in [0, 0.05) is 6.54 Å². The van der Waals surface area contributed by atoms with E-state index in [1.54, 1.807) is 0 Å². The third-order valence-corrected chi connectivity index (χ3v) is 5.09. The van der Waals surface area contributed by atoms with Crippen LogP contribution < -0.4 is 16.8 Å². The molecule has 3 aromatic rings. The van der Waals surface area contributed by atoms with E-state index in [-0.39, 0.29) is 21.4 Å². The maximum Gasteiger partial charge on any atom is 0.446 e. The summed E-state index contributed by atoms with van der Waals surface area (Å²) in [5.41, 5.74) is 6.40. The number of nitrogens with zero attached hydrogens (tertiary/aromatic N) is 4. The standard InChI is InChI=1S/C15H14BrFN6O3/c16-9-5-8(1-2-10(9)17)23-13(22-25-14(23)24)11-12(21-26-20-11)19-7-15(6-18)3-4-15/h1-2,5H,3-4,6-7,18H2,(H,19,21). The van der Waals surface area contributed by atoms with E-state index < -0.39 is 11.6 Å². The highest BCUT2D eigenvalue weighted by molar-refractivity contribution is 9.10. The number of benzene rings is 1. The Kier molecular flexibility index (Phi) is 4.11. The van der Waals surface area contributed by atoms with Gasteiger partial charge in [0.25, 0.3) is 0 Å². The Bertz CT molecular complexity index is 1010. The van der Waals surface area contributed by atoms with Crippen molar-refractivity contribution in [2.24, 2.45) is 11.1 Å². The highest BCUT2D eigenvalue weighted by Crippen LogP contribution is 2.44. The number of nitrogens with one attached hydrogen (secondary N) is 1. The molecule has 3 N–H and O–H groups in total. The Morgan fingerprint density at radius 2 is 2.15 bits per heavy atom. The molecule has 11 heteroatoms. The second-order valence-electron chi connectivity index (χ2n) is 6.23. The number of hydrogen-bond acceptors (Lipinski definition) is 8. The Morgan fingerprint density at radius 3 is 2.85 bits per heavy atom. The SMILES string of the molecule is NCC1(CNc2nonc2-c2noc(=O)n2-c2ccc(F)c(Br)c2)CC1. The molecule has 0 amide bonds. The van der Waals surface area contributed by atoms with Crippen molar-refractivity contribution in [2.75, 3.05) is 18.4 Å². The summed E-state index contributed by atoms with van der Waals surface area (Å²) < 4.78 is 24.4. The van der Waals surface area contributed by atoms with Gasteiger partial charge in [-0.2, -0.15) is 0 Å². The van der Waals surface area contributed by atoms with Gasteiger partial charge in [0.1, 0.15) is 5.82 Å². The molecule has 1 aromatic carbocycles. The van der Waals surface area contributed by atoms with Gasteiger partial charge in [0.15, 0.2) is 5.69 Å². The van der Waals surface area contributed by atoms with Gasteiger partial charge in [-0.1, -0.05) is 5.16 Å². The third-order valence-electron chi connectivity index (χ3n) is 4.49. The molecule has 0 spiro atoms. The minimum absolute atomic E-state index is 0.0571. The second kappa shape index (κ2) is 6.32. The highest BCUT2D eigenvalue weighted by Gasteiger charge is 2.41. The zero-order chi connectivity index (χ0) is 18.3. The fourth-order valence-corrected chi connectivity index (χ4v) is 2.97. The maximum atomic E-state index is 13.5. The average Bonchev–Trinajstić information content (AvgIpc) is 3.09. The van der Waals surface area contributed by atoms with Gasteiger partial charge >= 0.3 is 5.76 Å². The Labute approximate surface area is 154 Å². The average molecular weight is 425 g/mol. The first kappa shape index (κ1) is 16.9. The van der Waals surface area contributed by atoms with Crippen LogP contribution in [0.3, 0.4) is 0 Å². The van der Waals surface area contributed by atoms with E-state index in [1.807, 2.05) is 0 Å². The van der Waals surface area contributed by atoms with E-state index in [1.165, 1.54) is 18.2 Å². The predicted molar refractivity (Wildman–Crippen MR) is 92.3 cm³/mol. The molecule has 2 heterocycles. The molecule has 0 radical (unpaired) electrons. The second-order valence-corrected chi connectivity index (χ2v) is 7.08. The molecule has 0 saturated heterocycles. The molecule has 0 aliphatic heterocycles. The van der Waals surface area contributed by atoms with Gasteiger partial charge in [0.05, 0.1) is 10.2 Å². The van der Waals surface area contributed by atoms with Gasteiger partial charge in [-0.25, -0.2) is 18.4 Å². The van der Waals surface area contributed by atoms with Crippen molar-refractivity contribution in [1.82, 2.24) is 20.0 Å². The fourth-order valence-electron chi connectivity index (χ4n) is 2.60. The van der Waals surface area contributed by atoms with Crippen LogP contribution in [-0.2, 0) is 0 Å². The lowest BCUT2D eigenvalue weighted by Crippen LogP contribution is -2.24. The van der Waals surface area contributed by atoms with Crippen LogP contribution in [0, 0.1) is 11.2 Å². The number of hydrogen-bond donors (Lipinski definition) is 2. The van der Waals surface area contributed by atoms with Gasteiger partial charge in [-0.15, -0.1) is 0 Å². The van der Waals surface area contributed by atoms with Gasteiger partial charge < -0.3 is 11.1 Å². The van der Waals surface area contributed by atoms with Crippen LogP contribution in [0.15, 0.2) is 36.6 Å². The molecular weight excluding hydrogens is 411 g/mol. The zero-order valence-corrected chi connectivity index (χ0v) is 15.0. The van der Waals surface area contributed by atoms with E-state index in [4.69, 9.17) is 14.9 Å². The molecule has 9 nitrogen and oxygen atoms in total. The molecule has 1 aliphatic rings. The molecule has 2 aromatic heterocycles. The largest absolute Gasteiger partial charge is 0.446 e. The summed E-state index contributed by atoms with van der Waals surface area (Å²) in [5, 5.41) is 14.6. The molecule has 1 fully saturated rings. The van der Waals surface area contributed by atoms with Crippen molar-refractivity contribution in [3.8, 4) is 17.2 Å². The van der Waals surface area contributed by atoms with Crippen molar-refractivity contribution in [3.63, 3.8) is 0 Å². The minimum atomic E-state index is -0.743. The number of halogens is 2. The van der Waals surface area contributed by atoms with Crippen molar-refractivity contribution in [2.45, 2.75) is 12.8 Å². The Hall–Kier alpha value is -2.53. The van der Waals surface area contributed by atoms with Crippen molar-refractivity contribution in [1.29, 1.82) is 0 Å². The van der Waals surface area contributed by atoms with Crippen LogP contribution in [0.2, 0.25) is 0 Å².